The molecule has 0 radical (unpaired) electrons. The molecule has 0 unspecified atom stereocenters. The Kier molecular flexibility index (Phi) is 1.28. The van der Waals surface area contributed by atoms with E-state index >= 15 is 0 Å². The first-order chi connectivity index (χ1) is 5.61. The Morgan fingerprint density at radius 2 is 1.83 bits per heavy atom. The first kappa shape index (κ1) is 7.35. The summed E-state index contributed by atoms with van der Waals surface area (Å²) in [4.78, 5) is 11.0. The molecule has 0 amide bonds. The molecule has 1 aromatic carbocycles. The zero-order valence-electron chi connectivity index (χ0n) is 7.39. The van der Waals surface area contributed by atoms with Gasteiger partial charge in [-0.05, 0) is 37.5 Å². The van der Waals surface area contributed by atoms with Crippen molar-refractivity contribution in [2.75, 3.05) is 0 Å². The van der Waals surface area contributed by atoms with Crippen LogP contribution in [0.3, 0.4) is 0 Å². The topological polar surface area (TPSA) is 26.3 Å². The second kappa shape index (κ2) is 2.09. The number of carbonyl (C=O) groups is 1. The van der Waals surface area contributed by atoms with Crippen LogP contribution in [0.15, 0.2) is 6.07 Å². The van der Waals surface area contributed by atoms with Gasteiger partial charge in [-0.15, -0.1) is 0 Å². The minimum absolute atomic E-state index is 0.189. The molecule has 0 N–H and O–H groups in total. The molecular formula is C10H10O2. The van der Waals surface area contributed by atoms with Gasteiger partial charge in [0.05, 0.1) is 0 Å². The molecule has 2 heteroatoms. The Balaban J connectivity index is 2.75. The molecule has 62 valence electrons. The first-order valence-corrected chi connectivity index (χ1v) is 3.94. The lowest BCUT2D eigenvalue weighted by atomic mass is 9.96. The zero-order valence-corrected chi connectivity index (χ0v) is 7.39. The Morgan fingerprint density at radius 1 is 1.17 bits per heavy atom. The fourth-order valence-electron chi connectivity index (χ4n) is 1.53. The van der Waals surface area contributed by atoms with Gasteiger partial charge < -0.3 is 4.74 Å². The van der Waals surface area contributed by atoms with Gasteiger partial charge in [0, 0.05) is 0 Å². The third-order valence-electron chi connectivity index (χ3n) is 2.39. The van der Waals surface area contributed by atoms with Gasteiger partial charge >= 0.3 is 5.97 Å². The average molecular weight is 162 g/mol. The number of ether oxygens (including phenoxy) is 1. The average Bonchev–Trinajstić information content (AvgIpc) is 1.96. The lowest BCUT2D eigenvalue weighted by molar-refractivity contribution is 0.0655. The highest BCUT2D eigenvalue weighted by atomic mass is 16.6. The normalized spacial score (nSPS) is 13.4. The fourth-order valence-corrected chi connectivity index (χ4v) is 1.53. The van der Waals surface area contributed by atoms with E-state index in [0.29, 0.717) is 0 Å². The van der Waals surface area contributed by atoms with Gasteiger partial charge in [0.15, 0.2) is 0 Å². The molecular weight excluding hydrogens is 152 g/mol. The predicted octanol–water partition coefficient (Wildman–Crippen LogP) is 2.14. The van der Waals surface area contributed by atoms with Gasteiger partial charge in [-0.2, -0.15) is 0 Å². The van der Waals surface area contributed by atoms with Crippen molar-refractivity contribution < 1.29 is 9.53 Å². The molecule has 2 rings (SSSR count). The van der Waals surface area contributed by atoms with E-state index in [2.05, 4.69) is 0 Å². The van der Waals surface area contributed by atoms with Crippen LogP contribution in [-0.2, 0) is 0 Å². The standard InChI is InChI=1S/C10H10O2/c1-5-4-6(2)8-9(7(5)3)12-10(8)11/h4H,1-3H3. The van der Waals surface area contributed by atoms with E-state index in [1.165, 1.54) is 5.56 Å². The maximum absolute atomic E-state index is 11.0. The summed E-state index contributed by atoms with van der Waals surface area (Å²) in [6, 6.07) is 2.02. The Morgan fingerprint density at radius 3 is 2.42 bits per heavy atom. The molecule has 0 spiro atoms. The van der Waals surface area contributed by atoms with Crippen LogP contribution in [0.5, 0.6) is 5.75 Å². The van der Waals surface area contributed by atoms with Crippen LogP contribution in [0.4, 0.5) is 0 Å². The van der Waals surface area contributed by atoms with E-state index in [4.69, 9.17) is 4.74 Å². The third-order valence-corrected chi connectivity index (χ3v) is 2.39. The summed E-state index contributed by atoms with van der Waals surface area (Å²) >= 11 is 0. The summed E-state index contributed by atoms with van der Waals surface area (Å²) in [6.45, 7) is 5.93. The Labute approximate surface area is 71.2 Å². The summed E-state index contributed by atoms with van der Waals surface area (Å²) in [5, 5.41) is 0. The smallest absolute Gasteiger partial charge is 0.347 e. The van der Waals surface area contributed by atoms with Crippen molar-refractivity contribution in [1.29, 1.82) is 0 Å². The van der Waals surface area contributed by atoms with Gasteiger partial charge in [0.25, 0.3) is 0 Å². The van der Waals surface area contributed by atoms with Crippen LogP contribution in [0.25, 0.3) is 0 Å². The van der Waals surface area contributed by atoms with E-state index in [-0.39, 0.29) is 5.97 Å². The Bertz CT molecular complexity index is 378. The van der Waals surface area contributed by atoms with Gasteiger partial charge in [0.1, 0.15) is 11.3 Å². The lowest BCUT2D eigenvalue weighted by Gasteiger charge is -2.23. The zero-order chi connectivity index (χ0) is 8.88. The maximum Gasteiger partial charge on any atom is 0.347 e. The first-order valence-electron chi connectivity index (χ1n) is 3.94. The molecule has 0 atom stereocenters. The molecule has 0 saturated carbocycles. The number of benzene rings is 1. The van der Waals surface area contributed by atoms with E-state index in [0.717, 1.165) is 22.4 Å². The quantitative estimate of drug-likeness (QED) is 0.546. The molecule has 1 aliphatic rings. The minimum atomic E-state index is -0.189. The summed E-state index contributed by atoms with van der Waals surface area (Å²) in [7, 11) is 0. The van der Waals surface area contributed by atoms with Gasteiger partial charge in [-0.1, -0.05) is 6.07 Å². The van der Waals surface area contributed by atoms with Crippen molar-refractivity contribution in [2.24, 2.45) is 0 Å². The van der Waals surface area contributed by atoms with E-state index in [9.17, 15) is 4.79 Å². The molecule has 1 aromatic rings. The van der Waals surface area contributed by atoms with Gasteiger partial charge in [-0.25, -0.2) is 4.79 Å². The van der Waals surface area contributed by atoms with Crippen molar-refractivity contribution in [2.45, 2.75) is 20.8 Å². The van der Waals surface area contributed by atoms with Crippen LogP contribution in [0.1, 0.15) is 27.0 Å². The fraction of sp³-hybridized carbons (Fsp3) is 0.300. The van der Waals surface area contributed by atoms with Crippen LogP contribution < -0.4 is 4.74 Å². The van der Waals surface area contributed by atoms with Crippen LogP contribution >= 0.6 is 0 Å². The molecule has 0 aliphatic carbocycles. The van der Waals surface area contributed by atoms with Crippen LogP contribution in [0, 0.1) is 20.8 Å². The maximum atomic E-state index is 11.0. The monoisotopic (exact) mass is 162 g/mol. The van der Waals surface area contributed by atoms with E-state index < -0.39 is 0 Å². The summed E-state index contributed by atoms with van der Waals surface area (Å²) in [5.74, 6) is 0.586. The molecule has 0 saturated heterocycles. The highest BCUT2D eigenvalue weighted by Crippen LogP contribution is 2.36. The predicted molar refractivity (Wildman–Crippen MR) is 45.6 cm³/mol. The van der Waals surface area contributed by atoms with Crippen molar-refractivity contribution in [1.82, 2.24) is 0 Å². The summed E-state index contributed by atoms with van der Waals surface area (Å²) in [6.07, 6.45) is 0. The number of rotatable bonds is 0. The largest absolute Gasteiger partial charge is 0.422 e. The third kappa shape index (κ3) is 0.721. The summed E-state index contributed by atoms with van der Waals surface area (Å²) in [5.41, 5.74) is 4.04. The Hall–Kier alpha value is -1.31. The van der Waals surface area contributed by atoms with Gasteiger partial charge in [-0.3, -0.25) is 0 Å². The molecule has 2 nitrogen and oxygen atoms in total. The van der Waals surface area contributed by atoms with Crippen molar-refractivity contribution in [3.63, 3.8) is 0 Å². The number of esters is 1. The molecule has 0 fully saturated rings. The molecule has 0 bridgehead atoms. The number of carbonyl (C=O) groups excluding carboxylic acids is 1. The van der Waals surface area contributed by atoms with E-state index in [1.54, 1.807) is 0 Å². The highest BCUT2D eigenvalue weighted by molar-refractivity contribution is 6.03. The van der Waals surface area contributed by atoms with E-state index in [1.807, 2.05) is 26.8 Å². The molecule has 12 heavy (non-hydrogen) atoms. The van der Waals surface area contributed by atoms with Gasteiger partial charge in [0.2, 0.25) is 0 Å². The van der Waals surface area contributed by atoms with Crippen LogP contribution in [-0.4, -0.2) is 5.97 Å². The number of hydrogen-bond donors (Lipinski definition) is 0. The molecule has 0 aromatic heterocycles. The lowest BCUT2D eigenvalue weighted by Crippen LogP contribution is -2.24. The number of hydrogen-bond acceptors (Lipinski definition) is 2. The second-order valence-electron chi connectivity index (χ2n) is 3.23. The highest BCUT2D eigenvalue weighted by Gasteiger charge is 2.30. The SMILES string of the molecule is Cc1cc(C)c2c(c1C)OC2=O. The molecule has 1 heterocycles. The van der Waals surface area contributed by atoms with Crippen molar-refractivity contribution >= 4 is 5.97 Å². The van der Waals surface area contributed by atoms with Crippen molar-refractivity contribution in [3.8, 4) is 5.75 Å². The number of fused-ring (bicyclic) bond motifs is 1. The molecule has 1 aliphatic heterocycles. The summed E-state index contributed by atoms with van der Waals surface area (Å²) < 4.78 is 4.94. The minimum Gasteiger partial charge on any atom is -0.422 e. The second-order valence-corrected chi connectivity index (χ2v) is 3.23. The van der Waals surface area contributed by atoms with Crippen molar-refractivity contribution in [3.05, 3.63) is 28.3 Å². The van der Waals surface area contributed by atoms with Crippen LogP contribution in [0.2, 0.25) is 0 Å². The number of aryl methyl sites for hydroxylation is 2.